The molecule has 198 valence electrons. The lowest BCUT2D eigenvalue weighted by molar-refractivity contribution is -0.385. The molecule has 1 saturated heterocycles. The highest BCUT2D eigenvalue weighted by atomic mass is 19.4. The summed E-state index contributed by atoms with van der Waals surface area (Å²) in [5, 5.41) is 19.4. The average molecular weight is 529 g/mol. The molecule has 1 N–H and O–H groups in total. The summed E-state index contributed by atoms with van der Waals surface area (Å²) in [5.74, 6) is 0.831. The topological polar surface area (TPSA) is 113 Å². The predicted molar refractivity (Wildman–Crippen MR) is 134 cm³/mol. The number of alkyl halides is 3. The molecule has 1 unspecified atom stereocenters. The fourth-order valence-electron chi connectivity index (χ4n) is 4.39. The van der Waals surface area contributed by atoms with Crippen LogP contribution in [0.25, 0.3) is 16.6 Å². The van der Waals surface area contributed by atoms with Crippen molar-refractivity contribution < 1.29 is 32.1 Å². The lowest BCUT2D eigenvalue weighted by atomic mass is 9.77. The number of non-ortho nitro benzene ring substituents is 1. The lowest BCUT2D eigenvalue weighted by Gasteiger charge is -2.20. The van der Waals surface area contributed by atoms with Crippen molar-refractivity contribution in [1.29, 1.82) is 0 Å². The summed E-state index contributed by atoms with van der Waals surface area (Å²) in [7, 11) is 0.808. The number of benzene rings is 2. The van der Waals surface area contributed by atoms with Crippen LogP contribution in [0.4, 0.5) is 24.7 Å². The first-order valence-electron chi connectivity index (χ1n) is 11.6. The van der Waals surface area contributed by atoms with E-state index in [0.717, 1.165) is 12.1 Å². The summed E-state index contributed by atoms with van der Waals surface area (Å²) in [6, 6.07) is 6.96. The number of hydrogen-bond acceptors (Lipinski definition) is 8. The minimum atomic E-state index is -4.75. The fraction of sp³-hybridized carbons (Fsp3) is 0.333. The van der Waals surface area contributed by atoms with Gasteiger partial charge in [-0.3, -0.25) is 10.1 Å². The van der Waals surface area contributed by atoms with Crippen molar-refractivity contribution in [3.63, 3.8) is 0 Å². The molecular weight excluding hydrogens is 506 g/mol. The van der Waals surface area contributed by atoms with E-state index >= 15 is 0 Å². The number of ether oxygens (including phenoxy) is 1. The van der Waals surface area contributed by atoms with Crippen LogP contribution in [-0.2, 0) is 15.5 Å². The highest BCUT2D eigenvalue weighted by Gasteiger charge is 2.40. The van der Waals surface area contributed by atoms with Crippen molar-refractivity contribution in [3.05, 3.63) is 63.8 Å². The van der Waals surface area contributed by atoms with E-state index in [0.29, 0.717) is 46.3 Å². The van der Waals surface area contributed by atoms with Gasteiger partial charge in [-0.15, -0.1) is 0 Å². The van der Waals surface area contributed by atoms with Gasteiger partial charge in [-0.05, 0) is 38.5 Å². The maximum absolute atomic E-state index is 13.5. The quantitative estimate of drug-likeness (QED) is 0.221. The molecule has 1 atom stereocenters. The second kappa shape index (κ2) is 9.13. The molecule has 0 aliphatic carbocycles. The molecule has 0 radical (unpaired) electrons. The van der Waals surface area contributed by atoms with Crippen molar-refractivity contribution >= 4 is 40.6 Å². The zero-order valence-electron chi connectivity index (χ0n) is 20.9. The molecule has 1 aliphatic rings. The number of fused-ring (bicyclic) bond motifs is 3. The van der Waals surface area contributed by atoms with Gasteiger partial charge < -0.3 is 19.4 Å². The van der Waals surface area contributed by atoms with Gasteiger partial charge in [-0.2, -0.15) is 18.3 Å². The van der Waals surface area contributed by atoms with Crippen LogP contribution < -0.4 is 15.5 Å². The largest absolute Gasteiger partial charge is 0.498 e. The lowest BCUT2D eigenvalue weighted by Crippen LogP contribution is -2.35. The number of aromatic nitrogens is 3. The van der Waals surface area contributed by atoms with Crippen LogP contribution in [0.1, 0.15) is 37.9 Å². The number of nitro groups is 1. The normalized spacial score (nSPS) is 16.2. The molecule has 0 bridgehead atoms. The Bertz CT molecular complexity index is 1560. The van der Waals surface area contributed by atoms with Crippen LogP contribution in [0.15, 0.2) is 42.6 Å². The molecule has 0 amide bonds. The highest BCUT2D eigenvalue weighted by molar-refractivity contribution is 6.63. The molecule has 5 rings (SSSR count). The summed E-state index contributed by atoms with van der Waals surface area (Å²) >= 11 is 0. The summed E-state index contributed by atoms with van der Waals surface area (Å²) in [6.45, 7) is 5.77. The Morgan fingerprint density at radius 2 is 2.03 bits per heavy atom. The number of halogens is 3. The molecule has 10 nitrogen and oxygen atoms in total. The van der Waals surface area contributed by atoms with E-state index < -0.39 is 41.1 Å². The third-order valence-corrected chi connectivity index (χ3v) is 6.27. The number of anilines is 1. The number of hydrogen-bond donors (Lipinski definition) is 1. The van der Waals surface area contributed by atoms with E-state index in [1.807, 2.05) is 13.8 Å². The second-order valence-electron chi connectivity index (χ2n) is 9.63. The molecule has 2 aromatic carbocycles. The van der Waals surface area contributed by atoms with Crippen LogP contribution in [0, 0.1) is 10.1 Å². The van der Waals surface area contributed by atoms with Crippen LogP contribution >= 0.6 is 0 Å². The molecule has 0 saturated carbocycles. The van der Waals surface area contributed by atoms with E-state index in [-0.39, 0.29) is 5.56 Å². The zero-order chi connectivity index (χ0) is 27.4. The number of rotatable bonds is 6. The molecule has 3 heterocycles. The van der Waals surface area contributed by atoms with Crippen molar-refractivity contribution in [2.45, 2.75) is 38.6 Å². The molecule has 1 aliphatic heterocycles. The van der Waals surface area contributed by atoms with E-state index in [2.05, 4.69) is 15.4 Å². The van der Waals surface area contributed by atoms with Gasteiger partial charge in [0.05, 0.1) is 47.6 Å². The molecular formula is C24H23BF3N5O5. The van der Waals surface area contributed by atoms with Crippen LogP contribution in [0.3, 0.4) is 0 Å². The SMILES string of the molecule is COc1cc2c(cc1B1OCC(C)(C)O1)c(NC(C)c1cc([N+](=O)[O-])cc(C(F)(F)F)c1)nc1ccnn12. The smallest absolute Gasteiger partial charge is 0.497 e. The molecule has 0 spiro atoms. The summed E-state index contributed by atoms with van der Waals surface area (Å²) < 4.78 is 59.5. The maximum atomic E-state index is 13.5. The average Bonchev–Trinajstić information content (AvgIpc) is 3.48. The summed E-state index contributed by atoms with van der Waals surface area (Å²) in [4.78, 5) is 15.1. The van der Waals surface area contributed by atoms with Gasteiger partial charge in [-0.25, -0.2) is 9.50 Å². The van der Waals surface area contributed by atoms with Crippen molar-refractivity contribution in [2.24, 2.45) is 0 Å². The van der Waals surface area contributed by atoms with Gasteiger partial charge in [0.2, 0.25) is 0 Å². The first kappa shape index (κ1) is 25.7. The van der Waals surface area contributed by atoms with E-state index in [9.17, 15) is 23.3 Å². The number of nitrogens with zero attached hydrogens (tertiary/aromatic N) is 4. The monoisotopic (exact) mass is 529 g/mol. The Labute approximate surface area is 215 Å². The summed E-state index contributed by atoms with van der Waals surface area (Å²) in [6.07, 6.45) is -3.18. The Hall–Kier alpha value is -3.91. The Morgan fingerprint density at radius 3 is 2.66 bits per heavy atom. The molecule has 2 aromatic heterocycles. The van der Waals surface area contributed by atoms with Gasteiger partial charge in [0, 0.05) is 35.1 Å². The number of nitro benzene ring substituents is 1. The van der Waals surface area contributed by atoms with Crippen molar-refractivity contribution in [2.75, 3.05) is 19.0 Å². The second-order valence-corrected chi connectivity index (χ2v) is 9.63. The third-order valence-electron chi connectivity index (χ3n) is 6.27. The minimum Gasteiger partial charge on any atom is -0.497 e. The minimum absolute atomic E-state index is 0.0767. The van der Waals surface area contributed by atoms with E-state index in [1.165, 1.54) is 7.11 Å². The molecule has 1 fully saturated rings. The molecule has 4 aromatic rings. The maximum Gasteiger partial charge on any atom is 0.498 e. The summed E-state index contributed by atoms with van der Waals surface area (Å²) in [5.41, 5.74) is -0.503. The van der Waals surface area contributed by atoms with Gasteiger partial charge >= 0.3 is 13.3 Å². The zero-order valence-corrected chi connectivity index (χ0v) is 20.9. The fourth-order valence-corrected chi connectivity index (χ4v) is 4.39. The van der Waals surface area contributed by atoms with Crippen molar-refractivity contribution in [3.8, 4) is 5.75 Å². The van der Waals surface area contributed by atoms with Crippen molar-refractivity contribution in [1.82, 2.24) is 14.6 Å². The van der Waals surface area contributed by atoms with E-state index in [1.54, 1.807) is 35.8 Å². The van der Waals surface area contributed by atoms with Gasteiger partial charge in [0.15, 0.2) is 5.65 Å². The van der Waals surface area contributed by atoms with Gasteiger partial charge in [0.1, 0.15) is 11.6 Å². The number of nitrogens with one attached hydrogen (secondary N) is 1. The van der Waals surface area contributed by atoms with E-state index in [4.69, 9.17) is 14.0 Å². The van der Waals surface area contributed by atoms with Crippen LogP contribution in [0.5, 0.6) is 5.75 Å². The Kier molecular flexibility index (Phi) is 6.18. The highest BCUT2D eigenvalue weighted by Crippen LogP contribution is 2.36. The van der Waals surface area contributed by atoms with Crippen LogP contribution in [-0.4, -0.2) is 46.0 Å². The first-order valence-corrected chi connectivity index (χ1v) is 11.6. The van der Waals surface area contributed by atoms with Gasteiger partial charge in [-0.1, -0.05) is 0 Å². The molecule has 14 heteroatoms. The Morgan fingerprint density at radius 1 is 1.26 bits per heavy atom. The third kappa shape index (κ3) is 4.72. The predicted octanol–water partition coefficient (Wildman–Crippen LogP) is 4.51. The van der Waals surface area contributed by atoms with Gasteiger partial charge in [0.25, 0.3) is 5.69 Å². The standard InChI is InChI=1S/C24H23BF3N5O5/c1-13(14-7-15(24(26,27)28)9-16(8-14)33(34)35)30-22-17-10-18(25-37-12-23(2,3)38-25)20(36-4)11-19(17)32-21(31-22)5-6-29-32/h5-11,13H,12H2,1-4H3,(H,30,31). The molecule has 38 heavy (non-hydrogen) atoms. The Balaban J connectivity index is 1.63. The number of methoxy groups -OCH3 is 1. The van der Waals surface area contributed by atoms with Crippen LogP contribution in [0.2, 0.25) is 0 Å². The first-order chi connectivity index (χ1) is 17.9.